The summed E-state index contributed by atoms with van der Waals surface area (Å²) >= 11 is 5.67. The SMILES string of the molecule is Fc1cc2c(cc1Nc1ccnc(Cl)n1)C=NC2. The van der Waals surface area contributed by atoms with E-state index in [2.05, 4.69) is 20.3 Å². The van der Waals surface area contributed by atoms with E-state index in [1.807, 2.05) is 0 Å². The van der Waals surface area contributed by atoms with E-state index in [0.29, 0.717) is 18.1 Å². The first-order valence-corrected chi connectivity index (χ1v) is 5.68. The Morgan fingerprint density at radius 3 is 3.06 bits per heavy atom. The van der Waals surface area contributed by atoms with Crippen molar-refractivity contribution in [1.82, 2.24) is 9.97 Å². The number of nitrogens with zero attached hydrogens (tertiary/aromatic N) is 3. The number of fused-ring (bicyclic) bond motifs is 1. The first-order valence-electron chi connectivity index (χ1n) is 5.30. The summed E-state index contributed by atoms with van der Waals surface area (Å²) < 4.78 is 13.8. The van der Waals surface area contributed by atoms with Crippen molar-refractivity contribution in [3.63, 3.8) is 0 Å². The molecule has 2 heterocycles. The van der Waals surface area contributed by atoms with E-state index in [1.165, 1.54) is 12.3 Å². The first-order chi connectivity index (χ1) is 8.72. The molecule has 1 N–H and O–H groups in total. The van der Waals surface area contributed by atoms with Crippen LogP contribution in [0.2, 0.25) is 5.28 Å². The van der Waals surface area contributed by atoms with Gasteiger partial charge in [-0.15, -0.1) is 0 Å². The van der Waals surface area contributed by atoms with Crippen LogP contribution in [0, 0.1) is 5.82 Å². The zero-order valence-corrected chi connectivity index (χ0v) is 9.95. The second-order valence-electron chi connectivity index (χ2n) is 3.84. The second kappa shape index (κ2) is 4.34. The number of hydrogen-bond donors (Lipinski definition) is 1. The molecule has 0 bridgehead atoms. The van der Waals surface area contributed by atoms with E-state index in [0.717, 1.165) is 11.1 Å². The molecule has 3 rings (SSSR count). The van der Waals surface area contributed by atoms with Crippen molar-refractivity contribution in [3.05, 3.63) is 46.6 Å². The summed E-state index contributed by atoms with van der Waals surface area (Å²) in [6.07, 6.45) is 3.23. The number of aliphatic imine (C=N–C) groups is 1. The third kappa shape index (κ3) is 2.04. The fourth-order valence-corrected chi connectivity index (χ4v) is 1.92. The van der Waals surface area contributed by atoms with Gasteiger partial charge < -0.3 is 5.32 Å². The molecule has 0 amide bonds. The minimum atomic E-state index is -0.339. The summed E-state index contributed by atoms with van der Waals surface area (Å²) in [6, 6.07) is 4.80. The van der Waals surface area contributed by atoms with Crippen molar-refractivity contribution in [3.8, 4) is 0 Å². The molecule has 0 atom stereocenters. The minimum absolute atomic E-state index is 0.114. The molecule has 0 radical (unpaired) electrons. The maximum absolute atomic E-state index is 13.8. The Morgan fingerprint density at radius 1 is 1.33 bits per heavy atom. The molecule has 1 aliphatic heterocycles. The van der Waals surface area contributed by atoms with Gasteiger partial charge in [-0.3, -0.25) is 4.99 Å². The number of anilines is 2. The zero-order chi connectivity index (χ0) is 12.5. The van der Waals surface area contributed by atoms with Crippen LogP contribution in [0.3, 0.4) is 0 Å². The Morgan fingerprint density at radius 2 is 2.22 bits per heavy atom. The van der Waals surface area contributed by atoms with Crippen LogP contribution in [0.15, 0.2) is 29.4 Å². The number of benzene rings is 1. The highest BCUT2D eigenvalue weighted by Crippen LogP contribution is 2.25. The molecule has 6 heteroatoms. The van der Waals surface area contributed by atoms with Crippen molar-refractivity contribution in [2.45, 2.75) is 6.54 Å². The van der Waals surface area contributed by atoms with Crippen LogP contribution in [-0.4, -0.2) is 16.2 Å². The van der Waals surface area contributed by atoms with E-state index < -0.39 is 0 Å². The zero-order valence-electron chi connectivity index (χ0n) is 9.19. The number of nitrogens with one attached hydrogen (secondary N) is 1. The lowest BCUT2D eigenvalue weighted by Crippen LogP contribution is -1.99. The number of aromatic nitrogens is 2. The Kier molecular flexibility index (Phi) is 2.68. The summed E-state index contributed by atoms with van der Waals surface area (Å²) in [4.78, 5) is 11.8. The summed E-state index contributed by atoms with van der Waals surface area (Å²) in [7, 11) is 0. The van der Waals surface area contributed by atoms with Gasteiger partial charge in [0.15, 0.2) is 0 Å². The predicted octanol–water partition coefficient (Wildman–Crippen LogP) is 2.95. The van der Waals surface area contributed by atoms with Gasteiger partial charge >= 0.3 is 0 Å². The van der Waals surface area contributed by atoms with Crippen molar-refractivity contribution in [1.29, 1.82) is 0 Å². The predicted molar refractivity (Wildman–Crippen MR) is 68.0 cm³/mol. The van der Waals surface area contributed by atoms with Crippen LogP contribution < -0.4 is 5.32 Å². The summed E-state index contributed by atoms with van der Waals surface area (Å²) in [5, 5.41) is 2.98. The molecule has 1 aromatic carbocycles. The van der Waals surface area contributed by atoms with Crippen molar-refractivity contribution < 1.29 is 4.39 Å². The Hall–Kier alpha value is -2.01. The highest BCUT2D eigenvalue weighted by molar-refractivity contribution is 6.28. The summed E-state index contributed by atoms with van der Waals surface area (Å²) in [5.74, 6) is 0.109. The van der Waals surface area contributed by atoms with Crippen molar-refractivity contribution in [2.75, 3.05) is 5.32 Å². The van der Waals surface area contributed by atoms with Crippen LogP contribution in [0.4, 0.5) is 15.9 Å². The topological polar surface area (TPSA) is 50.2 Å². The van der Waals surface area contributed by atoms with Gasteiger partial charge in [-0.2, -0.15) is 0 Å². The van der Waals surface area contributed by atoms with E-state index in [4.69, 9.17) is 11.6 Å². The van der Waals surface area contributed by atoms with Gasteiger partial charge in [-0.05, 0) is 40.9 Å². The molecule has 0 unspecified atom stereocenters. The van der Waals surface area contributed by atoms with E-state index in [1.54, 1.807) is 18.3 Å². The van der Waals surface area contributed by atoms with E-state index >= 15 is 0 Å². The molecule has 1 aliphatic rings. The second-order valence-corrected chi connectivity index (χ2v) is 4.17. The summed E-state index contributed by atoms with van der Waals surface area (Å²) in [5.41, 5.74) is 2.15. The van der Waals surface area contributed by atoms with Crippen LogP contribution >= 0.6 is 11.6 Å². The molecule has 0 spiro atoms. The summed E-state index contributed by atoms with van der Waals surface area (Å²) in [6.45, 7) is 0.534. The van der Waals surface area contributed by atoms with Crippen LogP contribution in [0.1, 0.15) is 11.1 Å². The molecule has 0 saturated heterocycles. The standard InChI is InChI=1S/C12H8ClFN4/c13-12-16-2-1-11(18-12)17-10-4-8-6-15-5-7(8)3-9(10)14/h1-4,6H,5H2,(H,16,17,18). The molecule has 18 heavy (non-hydrogen) atoms. The number of halogens is 2. The molecule has 0 aliphatic carbocycles. The van der Waals surface area contributed by atoms with Gasteiger partial charge in [0.05, 0.1) is 12.2 Å². The molecular weight excluding hydrogens is 255 g/mol. The van der Waals surface area contributed by atoms with E-state index in [9.17, 15) is 4.39 Å². The molecular formula is C12H8ClFN4. The van der Waals surface area contributed by atoms with Crippen molar-refractivity contribution >= 4 is 29.3 Å². The monoisotopic (exact) mass is 262 g/mol. The Balaban J connectivity index is 1.95. The maximum atomic E-state index is 13.8. The third-order valence-electron chi connectivity index (χ3n) is 2.61. The quantitative estimate of drug-likeness (QED) is 0.847. The molecule has 0 fully saturated rings. The molecule has 1 aromatic heterocycles. The first kappa shape index (κ1) is 11.1. The van der Waals surface area contributed by atoms with Crippen LogP contribution in [0.25, 0.3) is 0 Å². The smallest absolute Gasteiger partial charge is 0.224 e. The average Bonchev–Trinajstić information content (AvgIpc) is 2.76. The van der Waals surface area contributed by atoms with Gasteiger partial charge in [-0.25, -0.2) is 14.4 Å². The van der Waals surface area contributed by atoms with Crippen LogP contribution in [-0.2, 0) is 6.54 Å². The van der Waals surface area contributed by atoms with Gasteiger partial charge in [0.25, 0.3) is 0 Å². The normalized spacial score (nSPS) is 12.6. The van der Waals surface area contributed by atoms with Gasteiger partial charge in [-0.1, -0.05) is 0 Å². The van der Waals surface area contributed by atoms with Crippen molar-refractivity contribution in [2.24, 2.45) is 4.99 Å². The van der Waals surface area contributed by atoms with E-state index in [-0.39, 0.29) is 11.1 Å². The molecule has 4 nitrogen and oxygen atoms in total. The largest absolute Gasteiger partial charge is 0.338 e. The fraction of sp³-hybridized carbons (Fsp3) is 0.0833. The lowest BCUT2D eigenvalue weighted by atomic mass is 10.1. The highest BCUT2D eigenvalue weighted by Gasteiger charge is 2.12. The average molecular weight is 263 g/mol. The fourth-order valence-electron chi connectivity index (χ4n) is 1.77. The molecule has 2 aromatic rings. The van der Waals surface area contributed by atoms with Gasteiger partial charge in [0, 0.05) is 12.4 Å². The Bertz CT molecular complexity index is 642. The number of hydrogen-bond acceptors (Lipinski definition) is 4. The lowest BCUT2D eigenvalue weighted by Gasteiger charge is -2.08. The maximum Gasteiger partial charge on any atom is 0.224 e. The molecule has 0 saturated carbocycles. The third-order valence-corrected chi connectivity index (χ3v) is 2.79. The molecule has 90 valence electrons. The van der Waals surface area contributed by atoms with Crippen LogP contribution in [0.5, 0.6) is 0 Å². The minimum Gasteiger partial charge on any atom is -0.338 e. The number of rotatable bonds is 2. The van der Waals surface area contributed by atoms with Gasteiger partial charge in [0.2, 0.25) is 5.28 Å². The lowest BCUT2D eigenvalue weighted by molar-refractivity contribution is 0.629. The highest BCUT2D eigenvalue weighted by atomic mass is 35.5. The Labute approximate surface area is 108 Å². The van der Waals surface area contributed by atoms with Gasteiger partial charge in [0.1, 0.15) is 11.6 Å².